The second-order valence-electron chi connectivity index (χ2n) is 5.71. The van der Waals surface area contributed by atoms with Crippen molar-refractivity contribution in [1.29, 1.82) is 0 Å². The predicted octanol–water partition coefficient (Wildman–Crippen LogP) is 0.545. The van der Waals surface area contributed by atoms with Crippen LogP contribution in [0.2, 0.25) is 0 Å². The van der Waals surface area contributed by atoms with Crippen LogP contribution in [0.4, 0.5) is 5.69 Å². The summed E-state index contributed by atoms with van der Waals surface area (Å²) in [5, 5.41) is 2.52. The van der Waals surface area contributed by atoms with Crippen molar-refractivity contribution in [3.05, 3.63) is 24.3 Å². The third-order valence-corrected chi connectivity index (χ3v) is 6.78. The lowest BCUT2D eigenvalue weighted by molar-refractivity contribution is -0.116. The van der Waals surface area contributed by atoms with Crippen LogP contribution in [0.5, 0.6) is 0 Å². The number of rotatable bonds is 7. The molecule has 24 heavy (non-hydrogen) atoms. The van der Waals surface area contributed by atoms with Crippen LogP contribution in [0.15, 0.2) is 29.2 Å². The van der Waals surface area contributed by atoms with E-state index in [-0.39, 0.29) is 17.5 Å². The fourth-order valence-electron chi connectivity index (χ4n) is 1.67. The molecule has 0 fully saturated rings. The Hall–Kier alpha value is -1.49. The Labute approximate surface area is 143 Å². The molecule has 0 aliphatic heterocycles. The first kappa shape index (κ1) is 20.6. The molecule has 1 rings (SSSR count). The van der Waals surface area contributed by atoms with Crippen LogP contribution in [0, 0.1) is 0 Å². The molecule has 1 aromatic carbocycles. The molecule has 1 N–H and O–H groups in total. The van der Waals surface area contributed by atoms with Gasteiger partial charge in [0, 0.05) is 25.8 Å². The van der Waals surface area contributed by atoms with E-state index in [1.807, 2.05) is 0 Å². The van der Waals surface area contributed by atoms with Gasteiger partial charge in [-0.2, -0.15) is 8.61 Å². The molecule has 0 heterocycles. The number of sulfonamides is 2. The summed E-state index contributed by atoms with van der Waals surface area (Å²) in [4.78, 5) is 11.9. The lowest BCUT2D eigenvalue weighted by atomic mass is 10.3. The Morgan fingerprint density at radius 3 is 2.00 bits per heavy atom. The molecule has 0 atom stereocenters. The van der Waals surface area contributed by atoms with Crippen molar-refractivity contribution >= 4 is 31.6 Å². The quantitative estimate of drug-likeness (QED) is 0.747. The molecule has 136 valence electrons. The average Bonchev–Trinajstić information content (AvgIpc) is 2.45. The van der Waals surface area contributed by atoms with Gasteiger partial charge in [-0.15, -0.1) is 0 Å². The minimum atomic E-state index is -3.59. The van der Waals surface area contributed by atoms with E-state index in [1.54, 1.807) is 13.8 Å². The molecule has 0 aliphatic rings. The van der Waals surface area contributed by atoms with Gasteiger partial charge in [0.25, 0.3) is 0 Å². The molecular weight excluding hydrogens is 354 g/mol. The third kappa shape index (κ3) is 5.26. The number of hydrogen-bond acceptors (Lipinski definition) is 5. The molecule has 0 aliphatic carbocycles. The Morgan fingerprint density at radius 2 is 1.58 bits per heavy atom. The minimum Gasteiger partial charge on any atom is -0.325 e. The summed E-state index contributed by atoms with van der Waals surface area (Å²) in [5.41, 5.74) is 0.382. The summed E-state index contributed by atoms with van der Waals surface area (Å²) in [5.74, 6) is -0.516. The van der Waals surface area contributed by atoms with E-state index in [0.29, 0.717) is 5.69 Å². The molecule has 0 aromatic heterocycles. The number of nitrogens with one attached hydrogen (secondary N) is 1. The van der Waals surface area contributed by atoms with Gasteiger partial charge in [0.1, 0.15) is 0 Å². The highest BCUT2D eigenvalue weighted by molar-refractivity contribution is 7.89. The highest BCUT2D eigenvalue weighted by Crippen LogP contribution is 2.19. The van der Waals surface area contributed by atoms with Crippen molar-refractivity contribution in [2.45, 2.75) is 24.8 Å². The van der Waals surface area contributed by atoms with E-state index in [2.05, 4.69) is 5.32 Å². The van der Waals surface area contributed by atoms with Crippen LogP contribution in [-0.2, 0) is 24.8 Å². The number of carbonyl (C=O) groups excluding carboxylic acids is 1. The van der Waals surface area contributed by atoms with Gasteiger partial charge in [-0.1, -0.05) is 0 Å². The number of hydrogen-bond donors (Lipinski definition) is 1. The van der Waals surface area contributed by atoms with Gasteiger partial charge in [-0.3, -0.25) is 4.79 Å². The van der Waals surface area contributed by atoms with Crippen LogP contribution < -0.4 is 5.32 Å². The monoisotopic (exact) mass is 377 g/mol. The summed E-state index contributed by atoms with van der Waals surface area (Å²) in [6.45, 7) is 3.21. The lowest BCUT2D eigenvalue weighted by Gasteiger charge is -2.21. The molecule has 10 heteroatoms. The summed E-state index contributed by atoms with van der Waals surface area (Å²) in [6, 6.07) is 5.52. The van der Waals surface area contributed by atoms with Crippen molar-refractivity contribution in [2.75, 3.05) is 32.2 Å². The topological polar surface area (TPSA) is 104 Å². The van der Waals surface area contributed by atoms with E-state index >= 15 is 0 Å². The van der Waals surface area contributed by atoms with E-state index in [9.17, 15) is 21.6 Å². The largest absolute Gasteiger partial charge is 0.325 e. The van der Waals surface area contributed by atoms with E-state index < -0.39 is 26.0 Å². The normalized spacial score (nSPS) is 12.8. The van der Waals surface area contributed by atoms with Gasteiger partial charge < -0.3 is 5.32 Å². The first-order valence-corrected chi connectivity index (χ1v) is 10.4. The van der Waals surface area contributed by atoms with Crippen molar-refractivity contribution in [1.82, 2.24) is 8.61 Å². The third-order valence-electron chi connectivity index (χ3n) is 3.47. The summed E-state index contributed by atoms with van der Waals surface area (Å²) < 4.78 is 49.4. The second kappa shape index (κ2) is 7.60. The molecule has 1 aromatic rings. The fraction of sp³-hybridized carbons (Fsp3) is 0.500. The van der Waals surface area contributed by atoms with Gasteiger partial charge in [0.2, 0.25) is 26.0 Å². The Kier molecular flexibility index (Phi) is 6.51. The summed E-state index contributed by atoms with van der Waals surface area (Å²) >= 11 is 0. The molecule has 0 saturated heterocycles. The number of likely N-dealkylation sites (N-methyl/N-ethyl adjacent to an activating group) is 1. The first-order valence-electron chi connectivity index (χ1n) is 7.15. The molecule has 1 amide bonds. The zero-order chi connectivity index (χ0) is 18.7. The lowest BCUT2D eigenvalue weighted by Crippen LogP contribution is -2.34. The van der Waals surface area contributed by atoms with E-state index in [4.69, 9.17) is 0 Å². The molecule has 8 nitrogen and oxygen atoms in total. The van der Waals surface area contributed by atoms with Crippen molar-refractivity contribution < 1.29 is 21.6 Å². The maximum absolute atomic E-state index is 12.3. The van der Waals surface area contributed by atoms with E-state index in [1.165, 1.54) is 42.7 Å². The van der Waals surface area contributed by atoms with Gasteiger partial charge in [0.05, 0.1) is 17.7 Å². The predicted molar refractivity (Wildman–Crippen MR) is 92.6 cm³/mol. The van der Waals surface area contributed by atoms with Crippen LogP contribution in [0.3, 0.4) is 0 Å². The zero-order valence-corrected chi connectivity index (χ0v) is 16.0. The standard InChI is InChI=1S/C14H23N3O5S2/c1-11(2)17(4)24(21,22)13-8-6-12(7-9-13)15-14(18)10-16(3)23(5,19)20/h6-9,11H,10H2,1-5H3,(H,15,18). The van der Waals surface area contributed by atoms with Crippen molar-refractivity contribution in [3.8, 4) is 0 Å². The minimum absolute atomic E-state index is 0.116. The van der Waals surface area contributed by atoms with E-state index in [0.717, 1.165) is 10.6 Å². The first-order chi connectivity index (χ1) is 10.9. The fourth-order valence-corrected chi connectivity index (χ4v) is 3.39. The number of amides is 1. The highest BCUT2D eigenvalue weighted by Gasteiger charge is 2.23. The van der Waals surface area contributed by atoms with Crippen LogP contribution in [0.1, 0.15) is 13.8 Å². The maximum atomic E-state index is 12.3. The number of anilines is 1. The van der Waals surface area contributed by atoms with Gasteiger partial charge >= 0.3 is 0 Å². The SMILES string of the molecule is CC(C)N(C)S(=O)(=O)c1ccc(NC(=O)CN(C)S(C)(=O)=O)cc1. The average molecular weight is 377 g/mol. The van der Waals surface area contributed by atoms with Gasteiger partial charge in [-0.25, -0.2) is 16.8 Å². The number of nitrogens with zero attached hydrogens (tertiary/aromatic N) is 2. The molecular formula is C14H23N3O5S2. The molecule has 0 unspecified atom stereocenters. The van der Waals surface area contributed by atoms with Crippen LogP contribution in [-0.4, -0.2) is 64.3 Å². The molecule has 0 saturated carbocycles. The van der Waals surface area contributed by atoms with Crippen molar-refractivity contribution in [2.24, 2.45) is 0 Å². The summed E-state index contributed by atoms with van der Waals surface area (Å²) in [7, 11) is -4.24. The van der Waals surface area contributed by atoms with Gasteiger partial charge in [0.15, 0.2) is 0 Å². The highest BCUT2D eigenvalue weighted by atomic mass is 32.2. The smallest absolute Gasteiger partial charge is 0.243 e. The zero-order valence-electron chi connectivity index (χ0n) is 14.3. The van der Waals surface area contributed by atoms with Gasteiger partial charge in [-0.05, 0) is 38.1 Å². The number of carbonyl (C=O) groups is 1. The Bertz CT molecular complexity index is 786. The summed E-state index contributed by atoms with van der Waals surface area (Å²) in [6.07, 6.45) is 1.01. The van der Waals surface area contributed by atoms with Crippen molar-refractivity contribution in [3.63, 3.8) is 0 Å². The number of benzene rings is 1. The van der Waals surface area contributed by atoms with Crippen LogP contribution >= 0.6 is 0 Å². The Morgan fingerprint density at radius 1 is 1.08 bits per heavy atom. The Balaban J connectivity index is 2.84. The molecule has 0 spiro atoms. The molecule has 0 bridgehead atoms. The second-order valence-corrected chi connectivity index (χ2v) is 9.79. The maximum Gasteiger partial charge on any atom is 0.243 e. The molecule has 0 radical (unpaired) electrons. The van der Waals surface area contributed by atoms with Crippen LogP contribution in [0.25, 0.3) is 0 Å².